The van der Waals surface area contributed by atoms with Crippen molar-refractivity contribution in [3.63, 3.8) is 0 Å². The van der Waals surface area contributed by atoms with E-state index in [1.165, 1.54) is 4.68 Å². The average Bonchev–Trinajstić information content (AvgIpc) is 2.56. The number of hydrogen-bond donors (Lipinski definition) is 0. The molecule has 2 heterocycles. The van der Waals surface area contributed by atoms with Gasteiger partial charge < -0.3 is 0 Å². The van der Waals surface area contributed by atoms with Crippen LogP contribution in [0, 0.1) is 6.92 Å². The van der Waals surface area contributed by atoms with Crippen LogP contribution >= 0.6 is 23.2 Å². The molecule has 0 radical (unpaired) electrons. The van der Waals surface area contributed by atoms with Crippen LogP contribution in [0.3, 0.4) is 0 Å². The van der Waals surface area contributed by atoms with E-state index in [1.807, 2.05) is 13.0 Å². The van der Waals surface area contributed by atoms with Crippen LogP contribution in [0.2, 0.25) is 10.4 Å². The molecule has 0 aliphatic carbocycles. The van der Waals surface area contributed by atoms with Crippen LogP contribution < -0.4 is 0 Å². The Morgan fingerprint density at radius 2 is 2.07 bits per heavy atom. The highest BCUT2D eigenvalue weighted by Crippen LogP contribution is 2.15. The molecule has 0 amide bonds. The normalized spacial score (nSPS) is 10.5. The van der Waals surface area contributed by atoms with E-state index in [0.29, 0.717) is 5.82 Å². The van der Waals surface area contributed by atoms with Crippen molar-refractivity contribution in [3.05, 3.63) is 28.4 Å². The molecule has 5 nitrogen and oxygen atoms in total. The van der Waals surface area contributed by atoms with Gasteiger partial charge in [0.1, 0.15) is 0 Å². The molecular formula is C7H5Cl2N5. The van der Waals surface area contributed by atoms with Crippen molar-refractivity contribution < 1.29 is 0 Å². The molecule has 0 bridgehead atoms. The predicted molar refractivity (Wildman–Crippen MR) is 51.7 cm³/mol. The molecular weight excluding hydrogens is 225 g/mol. The van der Waals surface area contributed by atoms with Crippen LogP contribution in [0.25, 0.3) is 5.82 Å². The molecule has 0 aliphatic rings. The summed E-state index contributed by atoms with van der Waals surface area (Å²) in [5.41, 5.74) is 0.857. The Bertz CT molecular complexity index is 467. The lowest BCUT2D eigenvalue weighted by atomic mass is 10.5. The monoisotopic (exact) mass is 229 g/mol. The quantitative estimate of drug-likeness (QED) is 0.747. The van der Waals surface area contributed by atoms with Crippen LogP contribution in [0.1, 0.15) is 5.69 Å². The molecule has 0 atom stereocenters. The number of halogens is 2. The minimum absolute atomic E-state index is 0.0394. The van der Waals surface area contributed by atoms with Gasteiger partial charge in [-0.05, 0) is 24.6 Å². The van der Waals surface area contributed by atoms with Crippen LogP contribution in [-0.4, -0.2) is 25.0 Å². The standard InChI is InChI=1S/C7H5Cl2N5/c1-4-2-3-14(13-4)6-5(8)11-12-7(9)10-6/h2-3H,1H3. The molecule has 0 spiro atoms. The van der Waals surface area contributed by atoms with Crippen LogP contribution in [0.15, 0.2) is 12.3 Å². The zero-order chi connectivity index (χ0) is 10.1. The van der Waals surface area contributed by atoms with Gasteiger partial charge in [0, 0.05) is 6.20 Å². The minimum atomic E-state index is 0.0394. The maximum absolute atomic E-state index is 5.78. The molecule has 0 unspecified atom stereocenters. The summed E-state index contributed by atoms with van der Waals surface area (Å²) in [5, 5.41) is 11.5. The molecule has 0 aromatic carbocycles. The van der Waals surface area contributed by atoms with Crippen LogP contribution in [0.4, 0.5) is 0 Å². The van der Waals surface area contributed by atoms with Gasteiger partial charge in [0.25, 0.3) is 0 Å². The van der Waals surface area contributed by atoms with E-state index in [9.17, 15) is 0 Å². The predicted octanol–water partition coefficient (Wildman–Crippen LogP) is 1.67. The Balaban J connectivity index is 2.55. The van der Waals surface area contributed by atoms with Crippen LogP contribution in [0.5, 0.6) is 0 Å². The fraction of sp³-hybridized carbons (Fsp3) is 0.143. The fourth-order valence-corrected chi connectivity index (χ4v) is 1.25. The van der Waals surface area contributed by atoms with Crippen LogP contribution in [-0.2, 0) is 0 Å². The topological polar surface area (TPSA) is 56.5 Å². The van der Waals surface area contributed by atoms with E-state index in [2.05, 4.69) is 20.3 Å². The smallest absolute Gasteiger partial charge is 0.219 e. The molecule has 2 aromatic rings. The van der Waals surface area contributed by atoms with Gasteiger partial charge in [-0.25, -0.2) is 4.68 Å². The van der Waals surface area contributed by atoms with Crippen molar-refractivity contribution >= 4 is 23.2 Å². The summed E-state index contributed by atoms with van der Waals surface area (Å²) in [6.07, 6.45) is 1.72. The van der Waals surface area contributed by atoms with E-state index in [4.69, 9.17) is 23.2 Å². The number of aryl methyl sites for hydroxylation is 1. The lowest BCUT2D eigenvalue weighted by molar-refractivity contribution is 0.804. The van der Waals surface area contributed by atoms with Gasteiger partial charge in [0.15, 0.2) is 11.0 Å². The third-order valence-corrected chi connectivity index (χ3v) is 1.95. The summed E-state index contributed by atoms with van der Waals surface area (Å²) in [4.78, 5) is 3.92. The highest BCUT2D eigenvalue weighted by molar-refractivity contribution is 6.31. The Labute approximate surface area is 89.7 Å². The number of aromatic nitrogens is 5. The van der Waals surface area contributed by atoms with Crippen molar-refractivity contribution in [1.29, 1.82) is 0 Å². The lowest BCUT2D eigenvalue weighted by Gasteiger charge is -2.00. The Hall–Kier alpha value is -1.20. The Morgan fingerprint density at radius 1 is 1.29 bits per heavy atom. The van der Waals surface area contributed by atoms with Gasteiger partial charge in [-0.2, -0.15) is 10.1 Å². The van der Waals surface area contributed by atoms with Crippen molar-refractivity contribution in [2.75, 3.05) is 0 Å². The first-order chi connectivity index (χ1) is 6.66. The number of hydrogen-bond acceptors (Lipinski definition) is 4. The Morgan fingerprint density at radius 3 is 2.71 bits per heavy atom. The summed E-state index contributed by atoms with van der Waals surface area (Å²) >= 11 is 11.4. The fourth-order valence-electron chi connectivity index (χ4n) is 0.965. The van der Waals surface area contributed by atoms with Gasteiger partial charge >= 0.3 is 0 Å². The molecule has 72 valence electrons. The zero-order valence-electron chi connectivity index (χ0n) is 7.15. The second-order valence-electron chi connectivity index (χ2n) is 2.60. The molecule has 7 heteroatoms. The number of nitrogens with zero attached hydrogens (tertiary/aromatic N) is 5. The van der Waals surface area contributed by atoms with Gasteiger partial charge in [-0.3, -0.25) is 0 Å². The minimum Gasteiger partial charge on any atom is -0.219 e. The first-order valence-electron chi connectivity index (χ1n) is 3.75. The highest BCUT2D eigenvalue weighted by Gasteiger charge is 2.08. The second kappa shape index (κ2) is 3.51. The summed E-state index contributed by atoms with van der Waals surface area (Å²) in [5.74, 6) is 0.375. The van der Waals surface area contributed by atoms with E-state index < -0.39 is 0 Å². The van der Waals surface area contributed by atoms with Crippen molar-refractivity contribution in [2.45, 2.75) is 6.92 Å². The van der Waals surface area contributed by atoms with E-state index in [0.717, 1.165) is 5.69 Å². The van der Waals surface area contributed by atoms with E-state index in [1.54, 1.807) is 6.20 Å². The molecule has 2 rings (SSSR count). The maximum atomic E-state index is 5.78. The second-order valence-corrected chi connectivity index (χ2v) is 3.29. The van der Waals surface area contributed by atoms with Crippen molar-refractivity contribution in [2.24, 2.45) is 0 Å². The molecule has 0 saturated heterocycles. The molecule has 0 aliphatic heterocycles. The Kier molecular flexibility index (Phi) is 2.35. The third-order valence-electron chi connectivity index (χ3n) is 1.54. The van der Waals surface area contributed by atoms with E-state index in [-0.39, 0.29) is 10.4 Å². The summed E-state index contributed by atoms with van der Waals surface area (Å²) in [7, 11) is 0. The SMILES string of the molecule is Cc1ccn(-c2nc(Cl)nnc2Cl)n1. The van der Waals surface area contributed by atoms with Gasteiger partial charge in [0.05, 0.1) is 5.69 Å². The molecule has 2 aromatic heterocycles. The summed E-state index contributed by atoms with van der Waals surface area (Å²) < 4.78 is 1.50. The molecule has 0 fully saturated rings. The maximum Gasteiger partial charge on any atom is 0.245 e. The van der Waals surface area contributed by atoms with E-state index >= 15 is 0 Å². The van der Waals surface area contributed by atoms with Crippen molar-refractivity contribution in [3.8, 4) is 5.82 Å². The highest BCUT2D eigenvalue weighted by atomic mass is 35.5. The summed E-state index contributed by atoms with van der Waals surface area (Å²) in [6, 6.07) is 1.83. The molecule has 14 heavy (non-hydrogen) atoms. The third kappa shape index (κ3) is 1.69. The largest absolute Gasteiger partial charge is 0.245 e. The van der Waals surface area contributed by atoms with Gasteiger partial charge in [0.2, 0.25) is 5.28 Å². The molecule has 0 saturated carbocycles. The van der Waals surface area contributed by atoms with Gasteiger partial charge in [-0.1, -0.05) is 11.6 Å². The number of rotatable bonds is 1. The van der Waals surface area contributed by atoms with Gasteiger partial charge in [-0.15, -0.1) is 10.2 Å². The first kappa shape index (κ1) is 9.36. The average molecular weight is 230 g/mol. The first-order valence-corrected chi connectivity index (χ1v) is 4.51. The summed E-state index contributed by atoms with van der Waals surface area (Å²) in [6.45, 7) is 1.86. The van der Waals surface area contributed by atoms with Crippen molar-refractivity contribution in [1.82, 2.24) is 25.0 Å². The lowest BCUT2D eigenvalue weighted by Crippen LogP contribution is -2.02. The zero-order valence-corrected chi connectivity index (χ0v) is 8.66. The molecule has 0 N–H and O–H groups in total.